The summed E-state index contributed by atoms with van der Waals surface area (Å²) in [6.07, 6.45) is 1.76. The van der Waals surface area contributed by atoms with Crippen molar-refractivity contribution in [3.63, 3.8) is 0 Å². The molecule has 2 N–H and O–H groups in total. The number of methoxy groups -OCH3 is 1. The van der Waals surface area contributed by atoms with Crippen LogP contribution in [0.4, 0.5) is 0 Å². The number of nitrogens with zero attached hydrogens (tertiary/aromatic N) is 1. The van der Waals surface area contributed by atoms with E-state index < -0.39 is 0 Å². The predicted molar refractivity (Wildman–Crippen MR) is 107 cm³/mol. The largest absolute Gasteiger partial charge is 0.497 e. The second-order valence-corrected chi connectivity index (χ2v) is 8.71. The summed E-state index contributed by atoms with van der Waals surface area (Å²) in [6.45, 7) is 10.8. The number of amides is 2. The monoisotopic (exact) mass is 375 g/mol. The first-order valence-electron chi connectivity index (χ1n) is 9.57. The zero-order valence-corrected chi connectivity index (χ0v) is 17.2. The molecule has 2 rings (SSSR count). The zero-order valence-electron chi connectivity index (χ0n) is 17.2. The van der Waals surface area contributed by atoms with Gasteiger partial charge in [-0.1, -0.05) is 13.0 Å². The minimum absolute atomic E-state index is 0.00274. The van der Waals surface area contributed by atoms with Crippen LogP contribution in [-0.2, 0) is 4.79 Å². The summed E-state index contributed by atoms with van der Waals surface area (Å²) in [5.74, 6) is 0.722. The molecule has 0 saturated carbocycles. The van der Waals surface area contributed by atoms with Crippen LogP contribution in [0.5, 0.6) is 5.75 Å². The maximum atomic E-state index is 12.4. The number of piperidine rings is 1. The molecule has 1 aromatic rings. The molecule has 1 saturated heterocycles. The first kappa shape index (κ1) is 21.2. The number of ether oxygens (including phenoxy) is 1. The standard InChI is InChI=1S/C21H33N3O3/c1-20(2,3)23-14-18(25)24-11-9-21(4,10-12-24)15-22-19(26)16-7-6-8-17(13-16)27-5/h6-8,13,23H,9-12,14-15H2,1-5H3,(H,22,26). The van der Waals surface area contributed by atoms with Crippen LogP contribution in [0.25, 0.3) is 0 Å². The van der Waals surface area contributed by atoms with Crippen LogP contribution in [-0.4, -0.2) is 55.5 Å². The summed E-state index contributed by atoms with van der Waals surface area (Å²) in [7, 11) is 1.59. The van der Waals surface area contributed by atoms with E-state index in [2.05, 4.69) is 38.3 Å². The van der Waals surface area contributed by atoms with Crippen molar-refractivity contribution in [3.05, 3.63) is 29.8 Å². The lowest BCUT2D eigenvalue weighted by atomic mass is 9.80. The number of carbonyl (C=O) groups is 2. The van der Waals surface area contributed by atoms with Crippen molar-refractivity contribution in [1.82, 2.24) is 15.5 Å². The Kier molecular flexibility index (Phi) is 6.87. The van der Waals surface area contributed by atoms with Crippen molar-refractivity contribution < 1.29 is 14.3 Å². The minimum atomic E-state index is -0.0944. The Morgan fingerprint density at radius 2 is 1.89 bits per heavy atom. The Bertz CT molecular complexity index is 659. The third kappa shape index (κ3) is 6.54. The van der Waals surface area contributed by atoms with Gasteiger partial charge in [0.1, 0.15) is 5.75 Å². The number of benzene rings is 1. The van der Waals surface area contributed by atoms with Crippen LogP contribution >= 0.6 is 0 Å². The summed E-state index contributed by atoms with van der Waals surface area (Å²) in [5.41, 5.74) is 0.534. The fraction of sp³-hybridized carbons (Fsp3) is 0.619. The summed E-state index contributed by atoms with van der Waals surface area (Å²) in [5, 5.41) is 6.29. The van der Waals surface area contributed by atoms with Crippen molar-refractivity contribution in [1.29, 1.82) is 0 Å². The Morgan fingerprint density at radius 1 is 1.22 bits per heavy atom. The fourth-order valence-corrected chi connectivity index (χ4v) is 3.09. The molecule has 0 radical (unpaired) electrons. The highest BCUT2D eigenvalue weighted by atomic mass is 16.5. The first-order chi connectivity index (χ1) is 12.6. The highest BCUT2D eigenvalue weighted by Gasteiger charge is 2.32. The van der Waals surface area contributed by atoms with Crippen molar-refractivity contribution in [3.8, 4) is 5.75 Å². The van der Waals surface area contributed by atoms with Gasteiger partial charge in [-0.25, -0.2) is 0 Å². The van der Waals surface area contributed by atoms with Crippen molar-refractivity contribution in [2.75, 3.05) is 33.3 Å². The van der Waals surface area contributed by atoms with Gasteiger partial charge in [-0.15, -0.1) is 0 Å². The lowest BCUT2D eigenvalue weighted by molar-refractivity contribution is -0.132. The smallest absolute Gasteiger partial charge is 0.251 e. The van der Waals surface area contributed by atoms with E-state index in [0.717, 1.165) is 25.9 Å². The molecule has 0 spiro atoms. The third-order valence-electron chi connectivity index (χ3n) is 5.10. The molecule has 0 aromatic heterocycles. The number of hydrogen-bond acceptors (Lipinski definition) is 4. The molecule has 0 unspecified atom stereocenters. The van der Waals surface area contributed by atoms with Gasteiger partial charge in [0.2, 0.25) is 5.91 Å². The maximum absolute atomic E-state index is 12.4. The van der Waals surface area contributed by atoms with E-state index in [4.69, 9.17) is 4.74 Å². The lowest BCUT2D eigenvalue weighted by Crippen LogP contribution is -2.50. The van der Waals surface area contributed by atoms with Gasteiger partial charge in [0.05, 0.1) is 13.7 Å². The van der Waals surface area contributed by atoms with Crippen LogP contribution in [0.15, 0.2) is 24.3 Å². The Balaban J connectivity index is 1.81. The van der Waals surface area contributed by atoms with Gasteiger partial charge >= 0.3 is 0 Å². The summed E-state index contributed by atoms with van der Waals surface area (Å²) >= 11 is 0. The molecule has 0 bridgehead atoms. The van der Waals surface area contributed by atoms with E-state index >= 15 is 0 Å². The SMILES string of the molecule is COc1cccc(C(=O)NCC2(C)CCN(C(=O)CNC(C)(C)C)CC2)c1. The Morgan fingerprint density at radius 3 is 2.48 bits per heavy atom. The maximum Gasteiger partial charge on any atom is 0.251 e. The van der Waals surface area contributed by atoms with Gasteiger partial charge in [0.15, 0.2) is 0 Å². The van der Waals surface area contributed by atoms with Gasteiger partial charge in [0.25, 0.3) is 5.91 Å². The Hall–Kier alpha value is -2.08. The fourth-order valence-electron chi connectivity index (χ4n) is 3.09. The molecular formula is C21H33N3O3. The Labute approximate surface area is 162 Å². The van der Waals surface area contributed by atoms with Gasteiger partial charge < -0.3 is 20.3 Å². The second-order valence-electron chi connectivity index (χ2n) is 8.71. The average molecular weight is 376 g/mol. The molecule has 1 aromatic carbocycles. The quantitative estimate of drug-likeness (QED) is 0.801. The van der Waals surface area contributed by atoms with Crippen LogP contribution in [0.3, 0.4) is 0 Å². The summed E-state index contributed by atoms with van der Waals surface area (Å²) < 4.78 is 5.17. The number of rotatable bonds is 6. The van der Waals surface area contributed by atoms with Crippen molar-refractivity contribution >= 4 is 11.8 Å². The van der Waals surface area contributed by atoms with E-state index in [1.165, 1.54) is 0 Å². The van der Waals surface area contributed by atoms with Crippen LogP contribution < -0.4 is 15.4 Å². The molecule has 1 heterocycles. The summed E-state index contributed by atoms with van der Waals surface area (Å²) in [6, 6.07) is 7.15. The molecule has 150 valence electrons. The normalized spacial score (nSPS) is 16.7. The van der Waals surface area contributed by atoms with E-state index in [9.17, 15) is 9.59 Å². The highest BCUT2D eigenvalue weighted by Crippen LogP contribution is 2.30. The molecule has 0 atom stereocenters. The van der Waals surface area contributed by atoms with E-state index in [-0.39, 0.29) is 22.8 Å². The summed E-state index contributed by atoms with van der Waals surface area (Å²) in [4.78, 5) is 26.7. The van der Waals surface area contributed by atoms with Gasteiger partial charge in [-0.2, -0.15) is 0 Å². The molecule has 1 aliphatic heterocycles. The molecular weight excluding hydrogens is 342 g/mol. The molecule has 0 aliphatic carbocycles. The molecule has 2 amide bonds. The topological polar surface area (TPSA) is 70.7 Å². The molecule has 6 heteroatoms. The van der Waals surface area contributed by atoms with Gasteiger partial charge in [-0.3, -0.25) is 9.59 Å². The van der Waals surface area contributed by atoms with Crippen LogP contribution in [0.1, 0.15) is 50.9 Å². The second kappa shape index (κ2) is 8.74. The van der Waals surface area contributed by atoms with Crippen molar-refractivity contribution in [2.24, 2.45) is 5.41 Å². The first-order valence-corrected chi connectivity index (χ1v) is 9.57. The molecule has 1 fully saturated rings. The van der Waals surface area contributed by atoms with Crippen LogP contribution in [0, 0.1) is 5.41 Å². The minimum Gasteiger partial charge on any atom is -0.497 e. The number of nitrogens with one attached hydrogen (secondary N) is 2. The highest BCUT2D eigenvalue weighted by molar-refractivity contribution is 5.94. The van der Waals surface area contributed by atoms with E-state index in [0.29, 0.717) is 24.4 Å². The van der Waals surface area contributed by atoms with Crippen LogP contribution in [0.2, 0.25) is 0 Å². The predicted octanol–water partition coefficient (Wildman–Crippen LogP) is 2.44. The third-order valence-corrected chi connectivity index (χ3v) is 5.10. The number of likely N-dealkylation sites (tertiary alicyclic amines) is 1. The zero-order chi connectivity index (χ0) is 20.1. The lowest BCUT2D eigenvalue weighted by Gasteiger charge is -2.39. The molecule has 1 aliphatic rings. The number of hydrogen-bond donors (Lipinski definition) is 2. The number of carbonyl (C=O) groups excluding carboxylic acids is 2. The van der Waals surface area contributed by atoms with Gasteiger partial charge in [-0.05, 0) is 57.2 Å². The van der Waals surface area contributed by atoms with E-state index in [1.807, 2.05) is 17.0 Å². The molecule has 6 nitrogen and oxygen atoms in total. The van der Waals surface area contributed by atoms with Gasteiger partial charge in [0, 0.05) is 30.7 Å². The molecule has 27 heavy (non-hydrogen) atoms. The average Bonchev–Trinajstić information content (AvgIpc) is 2.64. The van der Waals surface area contributed by atoms with E-state index in [1.54, 1.807) is 19.2 Å². The van der Waals surface area contributed by atoms with Crippen molar-refractivity contribution in [2.45, 2.75) is 46.1 Å².